The minimum absolute atomic E-state index is 0.0575. The molecule has 4 nitrogen and oxygen atoms in total. The van der Waals surface area contributed by atoms with Crippen molar-refractivity contribution in [1.82, 2.24) is 10.9 Å². The van der Waals surface area contributed by atoms with Crippen molar-refractivity contribution in [3.63, 3.8) is 0 Å². The molecule has 0 aliphatic rings. The average Bonchev–Trinajstić information content (AvgIpc) is 1.80. The van der Waals surface area contributed by atoms with E-state index < -0.39 is 0 Å². The molecule has 0 rings (SSSR count). The number of nitrogens with two attached hydrogens (primary N) is 1. The molecule has 0 aromatic heterocycles. The molecule has 60 valence electrons. The van der Waals surface area contributed by atoms with Crippen LogP contribution in [0.3, 0.4) is 0 Å². The van der Waals surface area contributed by atoms with E-state index in [0.29, 0.717) is 0 Å². The molecule has 0 aromatic carbocycles. The predicted molar refractivity (Wildman–Crippen MR) is 39.8 cm³/mol. The minimum atomic E-state index is -0.359. The summed E-state index contributed by atoms with van der Waals surface area (Å²) in [5.74, 6) is -0.0575. The summed E-state index contributed by atoms with van der Waals surface area (Å²) in [7, 11) is 0. The smallest absolute Gasteiger partial charge is 0.239 e. The van der Waals surface area contributed by atoms with E-state index in [1.807, 2.05) is 20.8 Å². The van der Waals surface area contributed by atoms with E-state index in [0.717, 1.165) is 0 Å². The Morgan fingerprint density at radius 3 is 2.30 bits per heavy atom. The second kappa shape index (κ2) is 3.53. The van der Waals surface area contributed by atoms with Gasteiger partial charge in [-0.15, -0.1) is 0 Å². The van der Waals surface area contributed by atoms with E-state index in [2.05, 4.69) is 10.9 Å². The lowest BCUT2D eigenvalue weighted by Gasteiger charge is -2.17. The van der Waals surface area contributed by atoms with Gasteiger partial charge in [0.15, 0.2) is 0 Å². The number of hydrogen-bond acceptors (Lipinski definition) is 3. The van der Waals surface area contributed by atoms with Crippen molar-refractivity contribution in [2.45, 2.75) is 20.8 Å². The third-order valence-electron chi connectivity index (χ3n) is 0.985. The second-order valence-electron chi connectivity index (χ2n) is 3.09. The maximum Gasteiger partial charge on any atom is 0.239 e. The maximum absolute atomic E-state index is 11.0. The van der Waals surface area contributed by atoms with Crippen LogP contribution in [-0.2, 0) is 4.79 Å². The third kappa shape index (κ3) is 3.42. The molecule has 4 N–H and O–H groups in total. The molecule has 0 spiro atoms. The van der Waals surface area contributed by atoms with Crippen LogP contribution in [-0.4, -0.2) is 12.6 Å². The van der Waals surface area contributed by atoms with Crippen molar-refractivity contribution in [2.24, 2.45) is 11.1 Å². The lowest BCUT2D eigenvalue weighted by atomic mass is 9.96. The lowest BCUT2D eigenvalue weighted by molar-refractivity contribution is -0.129. The molecule has 1 amide bonds. The molecule has 0 aliphatic heterocycles. The van der Waals surface area contributed by atoms with Crippen LogP contribution in [0.1, 0.15) is 20.8 Å². The molecule has 0 heterocycles. The summed E-state index contributed by atoms with van der Waals surface area (Å²) >= 11 is 0. The Balaban J connectivity index is 3.64. The van der Waals surface area contributed by atoms with Gasteiger partial charge in [0, 0.05) is 5.41 Å². The summed E-state index contributed by atoms with van der Waals surface area (Å²) in [6.07, 6.45) is 0. The van der Waals surface area contributed by atoms with Gasteiger partial charge in [0.25, 0.3) is 0 Å². The van der Waals surface area contributed by atoms with E-state index in [9.17, 15) is 4.79 Å². The molecule has 0 saturated carbocycles. The van der Waals surface area contributed by atoms with Crippen molar-refractivity contribution in [1.29, 1.82) is 0 Å². The number of carbonyl (C=O) groups is 1. The molecule has 10 heavy (non-hydrogen) atoms. The number of rotatable bonds is 2. The molecule has 0 bridgehead atoms. The third-order valence-corrected chi connectivity index (χ3v) is 0.985. The van der Waals surface area contributed by atoms with Crippen LogP contribution in [0.15, 0.2) is 0 Å². The van der Waals surface area contributed by atoms with Crippen LogP contribution in [0.2, 0.25) is 0 Å². The van der Waals surface area contributed by atoms with Gasteiger partial charge in [-0.2, -0.15) is 0 Å². The van der Waals surface area contributed by atoms with E-state index in [-0.39, 0.29) is 18.0 Å². The van der Waals surface area contributed by atoms with Crippen molar-refractivity contribution >= 4 is 5.91 Å². The molecule has 0 saturated heterocycles. The summed E-state index contributed by atoms with van der Waals surface area (Å²) < 4.78 is 0. The monoisotopic (exact) mass is 145 g/mol. The maximum atomic E-state index is 11.0. The van der Waals surface area contributed by atoms with Crippen LogP contribution >= 0.6 is 0 Å². The zero-order chi connectivity index (χ0) is 8.20. The van der Waals surface area contributed by atoms with Crippen molar-refractivity contribution in [2.75, 3.05) is 6.67 Å². The highest BCUT2D eigenvalue weighted by atomic mass is 16.2. The summed E-state index contributed by atoms with van der Waals surface area (Å²) in [5, 5.41) is 0. The molecular weight excluding hydrogens is 130 g/mol. The van der Waals surface area contributed by atoms with Gasteiger partial charge in [0.05, 0.1) is 6.67 Å². The van der Waals surface area contributed by atoms with Crippen molar-refractivity contribution < 1.29 is 4.79 Å². The quantitative estimate of drug-likeness (QED) is 0.365. The van der Waals surface area contributed by atoms with E-state index in [1.165, 1.54) is 0 Å². The zero-order valence-electron chi connectivity index (χ0n) is 6.69. The highest BCUT2D eigenvalue weighted by Gasteiger charge is 2.19. The van der Waals surface area contributed by atoms with Crippen LogP contribution in [0.5, 0.6) is 0 Å². The Bertz CT molecular complexity index is 117. The van der Waals surface area contributed by atoms with E-state index in [1.54, 1.807) is 0 Å². The highest BCUT2D eigenvalue weighted by Crippen LogP contribution is 2.11. The van der Waals surface area contributed by atoms with Gasteiger partial charge in [-0.05, 0) is 0 Å². The molecule has 0 unspecified atom stereocenters. The fourth-order valence-electron chi connectivity index (χ4n) is 0.319. The van der Waals surface area contributed by atoms with Gasteiger partial charge in [0.2, 0.25) is 5.91 Å². The molecule has 0 aromatic rings. The molecule has 0 radical (unpaired) electrons. The van der Waals surface area contributed by atoms with Gasteiger partial charge in [0.1, 0.15) is 0 Å². The zero-order valence-corrected chi connectivity index (χ0v) is 6.69. The fourth-order valence-corrected chi connectivity index (χ4v) is 0.319. The van der Waals surface area contributed by atoms with Crippen molar-refractivity contribution in [3.8, 4) is 0 Å². The Morgan fingerprint density at radius 1 is 1.50 bits per heavy atom. The molecule has 0 aliphatic carbocycles. The van der Waals surface area contributed by atoms with Gasteiger partial charge in [-0.3, -0.25) is 10.2 Å². The Labute approximate surface area is 61.1 Å². The Hall–Kier alpha value is -0.610. The predicted octanol–water partition coefficient (Wildman–Crippen LogP) is -0.430. The first kappa shape index (κ1) is 9.39. The van der Waals surface area contributed by atoms with Crippen LogP contribution in [0.4, 0.5) is 0 Å². The standard InChI is InChI=1S/C6H15N3O/c1-6(2,3)5(10)9-8-4-7/h8H,4,7H2,1-3H3,(H,9,10). The first-order valence-corrected chi connectivity index (χ1v) is 3.22. The Morgan fingerprint density at radius 2 is 2.00 bits per heavy atom. The molecule has 0 fully saturated rings. The SMILES string of the molecule is CC(C)(C)C(=O)NNCN. The largest absolute Gasteiger partial charge is 0.317 e. The first-order valence-electron chi connectivity index (χ1n) is 3.22. The topological polar surface area (TPSA) is 67.2 Å². The summed E-state index contributed by atoms with van der Waals surface area (Å²) in [4.78, 5) is 11.0. The van der Waals surface area contributed by atoms with E-state index >= 15 is 0 Å². The second-order valence-corrected chi connectivity index (χ2v) is 3.09. The van der Waals surface area contributed by atoms with Crippen molar-refractivity contribution in [3.05, 3.63) is 0 Å². The van der Waals surface area contributed by atoms with Crippen LogP contribution < -0.4 is 16.6 Å². The first-order chi connectivity index (χ1) is 4.48. The molecular formula is C6H15N3O. The molecule has 4 heteroatoms. The molecule has 0 atom stereocenters. The number of hydrogen-bond donors (Lipinski definition) is 3. The van der Waals surface area contributed by atoms with Gasteiger partial charge in [-0.1, -0.05) is 20.8 Å². The number of nitrogens with one attached hydrogen (secondary N) is 2. The average molecular weight is 145 g/mol. The normalized spacial score (nSPS) is 11.2. The van der Waals surface area contributed by atoms with Crippen LogP contribution in [0.25, 0.3) is 0 Å². The number of hydrazine groups is 1. The van der Waals surface area contributed by atoms with E-state index in [4.69, 9.17) is 5.73 Å². The summed E-state index contributed by atoms with van der Waals surface area (Å²) in [6, 6.07) is 0. The van der Waals surface area contributed by atoms with Gasteiger partial charge < -0.3 is 5.73 Å². The minimum Gasteiger partial charge on any atom is -0.317 e. The lowest BCUT2D eigenvalue weighted by Crippen LogP contribution is -2.45. The number of amides is 1. The number of carbonyl (C=O) groups excluding carboxylic acids is 1. The highest BCUT2D eigenvalue weighted by molar-refractivity contribution is 5.80. The summed E-state index contributed by atoms with van der Waals surface area (Å²) in [6.45, 7) is 5.75. The van der Waals surface area contributed by atoms with Crippen LogP contribution in [0, 0.1) is 5.41 Å². The van der Waals surface area contributed by atoms with Gasteiger partial charge >= 0.3 is 0 Å². The fraction of sp³-hybridized carbons (Fsp3) is 0.833. The Kier molecular flexibility index (Phi) is 3.32. The van der Waals surface area contributed by atoms with Gasteiger partial charge in [-0.25, -0.2) is 5.43 Å². The summed E-state index contributed by atoms with van der Waals surface area (Å²) in [5.41, 5.74) is 9.73.